The molecule has 0 bridgehead atoms. The second-order valence-corrected chi connectivity index (χ2v) is 11.3. The predicted octanol–water partition coefficient (Wildman–Crippen LogP) is 6.02. The molecule has 6 aromatic rings. The van der Waals surface area contributed by atoms with Gasteiger partial charge in [0.25, 0.3) is 5.91 Å². The summed E-state index contributed by atoms with van der Waals surface area (Å²) < 4.78 is 10.3. The van der Waals surface area contributed by atoms with E-state index in [0.29, 0.717) is 5.56 Å². The summed E-state index contributed by atoms with van der Waals surface area (Å²) in [5, 5.41) is 24.9. The lowest BCUT2D eigenvalue weighted by Gasteiger charge is -2.06. The van der Waals surface area contributed by atoms with Gasteiger partial charge in [-0.25, -0.2) is 0 Å². The van der Waals surface area contributed by atoms with Gasteiger partial charge in [-0.15, -0.1) is 0 Å². The van der Waals surface area contributed by atoms with Crippen LogP contribution in [0.25, 0.3) is 11.1 Å². The molecule has 0 aliphatic rings. The van der Waals surface area contributed by atoms with Gasteiger partial charge >= 0.3 is 0 Å². The highest BCUT2D eigenvalue weighted by Crippen LogP contribution is 2.21. The first kappa shape index (κ1) is 34.2. The average Bonchev–Trinajstić information content (AvgIpc) is 3.17. The van der Waals surface area contributed by atoms with Gasteiger partial charge < -0.3 is 29.7 Å². The summed E-state index contributed by atoms with van der Waals surface area (Å²) in [7, 11) is 0. The van der Waals surface area contributed by atoms with E-state index in [-0.39, 0.29) is 30.5 Å². The largest absolute Gasteiger partial charge is 0.502 e. The number of aromatic hydroxyl groups is 2. The minimum atomic E-state index is -0.580. The van der Waals surface area contributed by atoms with Crippen LogP contribution in [0, 0.1) is 35.5 Å². The van der Waals surface area contributed by atoms with Crippen LogP contribution in [0.1, 0.15) is 44.1 Å². The second-order valence-electron chi connectivity index (χ2n) is 11.3. The Morgan fingerprint density at radius 3 is 1.94 bits per heavy atom. The zero-order valence-corrected chi connectivity index (χ0v) is 27.4. The third kappa shape index (κ3) is 9.06. The van der Waals surface area contributed by atoms with Crippen molar-refractivity contribution in [3.05, 3.63) is 182 Å². The van der Waals surface area contributed by atoms with E-state index >= 15 is 0 Å². The molecular weight excluding hydrogens is 656 g/mol. The molecule has 4 N–H and O–H groups in total. The summed E-state index contributed by atoms with van der Waals surface area (Å²) in [5.41, 5.74) is 5.24. The summed E-state index contributed by atoms with van der Waals surface area (Å²) in [4.78, 5) is 35.6. The van der Waals surface area contributed by atoms with Crippen molar-refractivity contribution in [2.24, 2.45) is 0 Å². The van der Waals surface area contributed by atoms with E-state index in [2.05, 4.69) is 46.2 Å². The minimum Gasteiger partial charge on any atom is -0.502 e. The molecule has 52 heavy (non-hydrogen) atoms. The Balaban J connectivity index is 1.04. The van der Waals surface area contributed by atoms with Crippen LogP contribution in [0.2, 0.25) is 0 Å². The molecule has 0 unspecified atom stereocenters. The molecule has 6 rings (SSSR count). The van der Waals surface area contributed by atoms with Gasteiger partial charge in [-0.3, -0.25) is 14.4 Å². The van der Waals surface area contributed by atoms with Gasteiger partial charge in [-0.1, -0.05) is 47.9 Å². The van der Waals surface area contributed by atoms with Crippen molar-refractivity contribution in [3.8, 4) is 58.1 Å². The third-order valence-electron chi connectivity index (χ3n) is 7.59. The maximum absolute atomic E-state index is 12.5. The van der Waals surface area contributed by atoms with Crippen LogP contribution in [0.4, 0.5) is 5.69 Å². The number of hydrogen-bond donors (Lipinski definition) is 4. The van der Waals surface area contributed by atoms with Crippen molar-refractivity contribution < 1.29 is 23.8 Å². The molecular formula is C43H28N2O7. The van der Waals surface area contributed by atoms with Crippen LogP contribution in [-0.4, -0.2) is 16.1 Å². The average molecular weight is 685 g/mol. The number of nitrogens with one attached hydrogen (secondary N) is 2. The Hall–Kier alpha value is -7.67. The molecule has 252 valence electrons. The zero-order valence-electron chi connectivity index (χ0n) is 27.4. The quantitative estimate of drug-likeness (QED) is 0.150. The van der Waals surface area contributed by atoms with Crippen LogP contribution >= 0.6 is 0 Å². The van der Waals surface area contributed by atoms with Gasteiger partial charge in [-0.05, 0) is 95.8 Å². The van der Waals surface area contributed by atoms with Crippen molar-refractivity contribution in [2.45, 2.75) is 13.1 Å². The number of carbonyl (C=O) groups excluding carboxylic acids is 1. The van der Waals surface area contributed by atoms with Gasteiger partial charge in [0.15, 0.2) is 11.5 Å². The lowest BCUT2D eigenvalue weighted by Crippen LogP contribution is -2.23. The fourth-order valence-corrected chi connectivity index (χ4v) is 4.84. The first-order valence-electron chi connectivity index (χ1n) is 15.9. The number of anilines is 1. The predicted molar refractivity (Wildman–Crippen MR) is 196 cm³/mol. The zero-order chi connectivity index (χ0) is 36.3. The number of benzene rings is 4. The number of hydrogen-bond acceptors (Lipinski definition) is 8. The van der Waals surface area contributed by atoms with Gasteiger partial charge in [0.05, 0.1) is 19.4 Å². The molecule has 0 radical (unpaired) electrons. The monoisotopic (exact) mass is 684 g/mol. The Kier molecular flexibility index (Phi) is 10.6. The van der Waals surface area contributed by atoms with Crippen molar-refractivity contribution in [3.63, 3.8) is 0 Å². The molecule has 0 fully saturated rings. The lowest BCUT2D eigenvalue weighted by atomic mass is 10.0. The molecule has 0 saturated heterocycles. The maximum Gasteiger partial charge on any atom is 0.251 e. The Labute approximate surface area is 298 Å². The molecule has 0 aliphatic carbocycles. The van der Waals surface area contributed by atoms with Gasteiger partial charge in [0, 0.05) is 45.6 Å². The van der Waals surface area contributed by atoms with Crippen LogP contribution in [0.5, 0.6) is 11.5 Å². The van der Waals surface area contributed by atoms with E-state index in [9.17, 15) is 24.6 Å². The molecule has 0 spiro atoms. The van der Waals surface area contributed by atoms with E-state index in [1.807, 2.05) is 72.8 Å². The van der Waals surface area contributed by atoms with Gasteiger partial charge in [0.2, 0.25) is 16.6 Å². The van der Waals surface area contributed by atoms with Crippen LogP contribution in [0.15, 0.2) is 140 Å². The number of rotatable bonds is 7. The van der Waals surface area contributed by atoms with E-state index in [1.54, 1.807) is 24.3 Å². The lowest BCUT2D eigenvalue weighted by molar-refractivity contribution is 0.0947. The highest BCUT2D eigenvalue weighted by Gasteiger charge is 2.09. The van der Waals surface area contributed by atoms with Crippen LogP contribution < -0.4 is 21.5 Å². The summed E-state index contributed by atoms with van der Waals surface area (Å²) in [5.74, 6) is 17.4. The smallest absolute Gasteiger partial charge is 0.251 e. The van der Waals surface area contributed by atoms with Gasteiger partial charge in [0.1, 0.15) is 12.0 Å². The Bertz CT molecular complexity index is 2570. The van der Waals surface area contributed by atoms with Crippen LogP contribution in [-0.2, 0) is 13.1 Å². The van der Waals surface area contributed by atoms with Crippen LogP contribution in [0.3, 0.4) is 0 Å². The highest BCUT2D eigenvalue weighted by atomic mass is 16.4. The Morgan fingerprint density at radius 1 is 0.635 bits per heavy atom. The van der Waals surface area contributed by atoms with E-state index in [0.717, 1.165) is 57.5 Å². The standard InChI is InChI=1S/C43H28N2O7/c46-38-21-22-51-41(42(38)49)27-44-36-19-15-29(16-20-36)5-1-2-6-31-7-3-9-34(23-31)35-10-4-8-32(24-35)12-11-30-13-17-33(18-14-30)43(50)45-26-37-25-39(47)40(48)28-52-37/h3-4,7-10,13-25,28,44,48-49H,26-27H2,(H,45,50). The van der Waals surface area contributed by atoms with E-state index in [4.69, 9.17) is 8.83 Å². The van der Waals surface area contributed by atoms with Crippen molar-refractivity contribution in [1.29, 1.82) is 0 Å². The fourth-order valence-electron chi connectivity index (χ4n) is 4.84. The molecule has 4 aromatic carbocycles. The number of amides is 1. The van der Waals surface area contributed by atoms with Gasteiger partial charge in [-0.2, -0.15) is 0 Å². The third-order valence-corrected chi connectivity index (χ3v) is 7.59. The summed E-state index contributed by atoms with van der Waals surface area (Å²) in [6.07, 6.45) is 2.18. The first-order chi connectivity index (χ1) is 25.3. The maximum atomic E-state index is 12.5. The highest BCUT2D eigenvalue weighted by molar-refractivity contribution is 5.94. The van der Waals surface area contributed by atoms with Crippen molar-refractivity contribution in [2.75, 3.05) is 5.32 Å². The molecule has 9 nitrogen and oxygen atoms in total. The topological polar surface area (TPSA) is 142 Å². The number of carbonyl (C=O) groups is 1. The minimum absolute atomic E-state index is 0.000104. The summed E-state index contributed by atoms with van der Waals surface area (Å²) in [6.45, 7) is 0.156. The molecule has 0 aliphatic heterocycles. The van der Waals surface area contributed by atoms with Crippen molar-refractivity contribution in [1.82, 2.24) is 5.32 Å². The van der Waals surface area contributed by atoms with Crippen molar-refractivity contribution >= 4 is 11.6 Å². The SMILES string of the molecule is O=C(NCc1cc(=O)c(O)co1)c1ccc(C#Cc2cccc(-c3cccc(C#CC#Cc4ccc(NCc5occc(=O)c5O)cc4)c3)c2)cc1. The Morgan fingerprint density at radius 2 is 1.25 bits per heavy atom. The van der Waals surface area contributed by atoms with E-state index < -0.39 is 22.4 Å². The molecule has 9 heteroatoms. The van der Waals surface area contributed by atoms with E-state index in [1.165, 1.54) is 6.26 Å². The molecule has 2 heterocycles. The fraction of sp³-hybridized carbons (Fsp3) is 0.0465. The first-order valence-corrected chi connectivity index (χ1v) is 15.9. The molecule has 2 aromatic heterocycles. The molecule has 1 amide bonds. The molecule has 0 saturated carbocycles. The molecule has 0 atom stereocenters. The normalized spacial score (nSPS) is 10.0. The second kappa shape index (κ2) is 16.2. The summed E-state index contributed by atoms with van der Waals surface area (Å²) in [6, 6.07) is 32.2. The summed E-state index contributed by atoms with van der Waals surface area (Å²) >= 11 is 0.